The normalized spacial score (nSPS) is 14.5. The summed E-state index contributed by atoms with van der Waals surface area (Å²) in [5, 5.41) is 12.5. The number of aliphatic hydroxyl groups is 1. The molecule has 1 aliphatic rings. The van der Waals surface area contributed by atoms with E-state index in [9.17, 15) is 9.59 Å². The Morgan fingerprint density at radius 1 is 1.55 bits per heavy atom. The van der Waals surface area contributed by atoms with E-state index in [1.165, 1.54) is 12.0 Å². The first-order valence-electron chi connectivity index (χ1n) is 6.41. The van der Waals surface area contributed by atoms with Crippen LogP contribution >= 0.6 is 34.2 Å². The number of esters is 1. The number of ether oxygens (including phenoxy) is 1. The summed E-state index contributed by atoms with van der Waals surface area (Å²) in [6.07, 6.45) is 0. The summed E-state index contributed by atoms with van der Waals surface area (Å²) in [5.74, 6) is -0.932. The van der Waals surface area contributed by atoms with Crippen LogP contribution < -0.4 is 5.32 Å². The second-order valence-electron chi connectivity index (χ2n) is 4.54. The number of halogens is 2. The Morgan fingerprint density at radius 2 is 2.27 bits per heavy atom. The van der Waals surface area contributed by atoms with E-state index in [1.54, 1.807) is 18.2 Å². The Balaban J connectivity index is 2.36. The fourth-order valence-electron chi connectivity index (χ4n) is 2.08. The van der Waals surface area contributed by atoms with Crippen molar-refractivity contribution in [3.63, 3.8) is 0 Å². The molecule has 0 saturated carbocycles. The van der Waals surface area contributed by atoms with Crippen molar-refractivity contribution in [1.29, 1.82) is 0 Å². The zero-order chi connectivity index (χ0) is 16.3. The smallest absolute Gasteiger partial charge is 0.337 e. The Labute approximate surface area is 146 Å². The van der Waals surface area contributed by atoms with E-state index in [2.05, 4.69) is 27.9 Å². The lowest BCUT2D eigenvalue weighted by molar-refractivity contribution is -0.136. The molecule has 0 saturated heterocycles. The topological polar surface area (TPSA) is 78.9 Å². The summed E-state index contributed by atoms with van der Waals surface area (Å²) in [4.78, 5) is 25.6. The Bertz CT molecular complexity index is 648. The van der Waals surface area contributed by atoms with Gasteiger partial charge < -0.3 is 20.1 Å². The summed E-state index contributed by atoms with van der Waals surface area (Å²) in [5.41, 5.74) is 1.01. The van der Waals surface area contributed by atoms with E-state index in [1.807, 2.05) is 0 Å². The van der Waals surface area contributed by atoms with Crippen molar-refractivity contribution in [2.75, 3.05) is 32.1 Å². The zero-order valence-corrected chi connectivity index (χ0v) is 14.6. The maximum Gasteiger partial charge on any atom is 0.337 e. The molecule has 1 heterocycles. The molecule has 1 amide bonds. The number of anilines is 1. The van der Waals surface area contributed by atoms with Gasteiger partial charge in [-0.2, -0.15) is 0 Å². The number of amides is 1. The van der Waals surface area contributed by atoms with Crippen LogP contribution in [0.25, 0.3) is 0 Å². The van der Waals surface area contributed by atoms with E-state index < -0.39 is 5.97 Å². The lowest BCUT2D eigenvalue weighted by Gasteiger charge is -2.15. The van der Waals surface area contributed by atoms with Crippen LogP contribution in [0.15, 0.2) is 29.5 Å². The summed E-state index contributed by atoms with van der Waals surface area (Å²) in [7, 11) is 1.26. The minimum absolute atomic E-state index is 0.103. The van der Waals surface area contributed by atoms with Crippen LogP contribution in [0, 0.1) is 3.57 Å². The van der Waals surface area contributed by atoms with Gasteiger partial charge >= 0.3 is 5.97 Å². The first-order valence-corrected chi connectivity index (χ1v) is 7.87. The van der Waals surface area contributed by atoms with Gasteiger partial charge in [-0.15, -0.1) is 0 Å². The van der Waals surface area contributed by atoms with E-state index in [4.69, 9.17) is 21.4 Å². The highest BCUT2D eigenvalue weighted by molar-refractivity contribution is 14.1. The fourth-order valence-corrected chi connectivity index (χ4v) is 2.72. The molecule has 0 aliphatic carbocycles. The predicted octanol–water partition coefficient (Wildman–Crippen LogP) is 1.62. The van der Waals surface area contributed by atoms with Gasteiger partial charge in [0.2, 0.25) is 0 Å². The number of β-amino-alcohol motifs (C(OH)–C–C–N with tert-alkyl or cyclic N) is 1. The molecule has 0 unspecified atom stereocenters. The van der Waals surface area contributed by atoms with Crippen molar-refractivity contribution in [2.45, 2.75) is 0 Å². The molecule has 0 atom stereocenters. The summed E-state index contributed by atoms with van der Waals surface area (Å²) in [6, 6.07) is 5.21. The van der Waals surface area contributed by atoms with Crippen molar-refractivity contribution >= 4 is 51.8 Å². The average Bonchev–Trinajstić information content (AvgIpc) is 2.80. The van der Waals surface area contributed by atoms with Gasteiger partial charge in [0.05, 0.1) is 31.5 Å². The van der Waals surface area contributed by atoms with Crippen molar-refractivity contribution < 1.29 is 19.4 Å². The Morgan fingerprint density at radius 3 is 2.91 bits per heavy atom. The van der Waals surface area contributed by atoms with Gasteiger partial charge in [0, 0.05) is 15.1 Å². The Hall–Kier alpha value is -1.32. The molecule has 2 rings (SSSR count). The summed E-state index contributed by atoms with van der Waals surface area (Å²) >= 11 is 8.07. The van der Waals surface area contributed by atoms with Crippen LogP contribution in [0.2, 0.25) is 5.02 Å². The predicted molar refractivity (Wildman–Crippen MR) is 90.5 cm³/mol. The third-order valence-corrected chi connectivity index (χ3v) is 4.32. The molecule has 1 aromatic rings. The Kier molecular flexibility index (Phi) is 5.65. The highest BCUT2D eigenvalue weighted by atomic mass is 127. The van der Waals surface area contributed by atoms with Crippen LogP contribution in [0.5, 0.6) is 0 Å². The molecule has 1 aliphatic heterocycles. The molecule has 0 aromatic heterocycles. The molecule has 2 N–H and O–H groups in total. The number of hydrogen-bond donors (Lipinski definition) is 2. The third kappa shape index (κ3) is 3.53. The second-order valence-corrected chi connectivity index (χ2v) is 6.14. The lowest BCUT2D eigenvalue weighted by Crippen LogP contribution is -2.31. The minimum atomic E-state index is -0.576. The van der Waals surface area contributed by atoms with Crippen molar-refractivity contribution in [1.82, 2.24) is 4.90 Å². The molecule has 0 radical (unpaired) electrons. The van der Waals surface area contributed by atoms with Gasteiger partial charge in [-0.25, -0.2) is 4.79 Å². The molecule has 8 heteroatoms. The van der Waals surface area contributed by atoms with Crippen LogP contribution in [0.4, 0.5) is 5.69 Å². The molecule has 0 spiro atoms. The van der Waals surface area contributed by atoms with E-state index >= 15 is 0 Å². The van der Waals surface area contributed by atoms with Gasteiger partial charge in [-0.3, -0.25) is 4.79 Å². The van der Waals surface area contributed by atoms with Crippen molar-refractivity contribution in [3.8, 4) is 0 Å². The fraction of sp³-hybridized carbons (Fsp3) is 0.286. The molecule has 6 nitrogen and oxygen atoms in total. The van der Waals surface area contributed by atoms with Gasteiger partial charge in [0.1, 0.15) is 5.70 Å². The van der Waals surface area contributed by atoms with Crippen LogP contribution in [0.1, 0.15) is 0 Å². The average molecular weight is 437 g/mol. The molecular weight excluding hydrogens is 423 g/mol. The number of hydrogen-bond acceptors (Lipinski definition) is 5. The standard InChI is InChI=1S/C14H14ClIN2O4/c1-22-14(21)9-7-18(4-5-19)13(20)12(9)17-11-6-8(15)2-3-10(11)16/h2-3,6,17,19H,4-5,7H2,1H3. The summed E-state index contributed by atoms with van der Waals surface area (Å²) < 4.78 is 5.58. The number of benzene rings is 1. The molecule has 22 heavy (non-hydrogen) atoms. The van der Waals surface area contributed by atoms with Gasteiger partial charge in [0.25, 0.3) is 5.91 Å². The minimum Gasteiger partial charge on any atom is -0.466 e. The maximum absolute atomic E-state index is 12.4. The second kappa shape index (κ2) is 7.30. The van der Waals surface area contributed by atoms with Gasteiger partial charge in [-0.05, 0) is 40.8 Å². The third-order valence-electron chi connectivity index (χ3n) is 3.14. The number of methoxy groups -OCH3 is 1. The maximum atomic E-state index is 12.4. The quantitative estimate of drug-likeness (QED) is 0.542. The van der Waals surface area contributed by atoms with E-state index in [0.717, 1.165) is 3.57 Å². The zero-order valence-electron chi connectivity index (χ0n) is 11.7. The van der Waals surface area contributed by atoms with Crippen molar-refractivity contribution in [3.05, 3.63) is 38.1 Å². The van der Waals surface area contributed by atoms with E-state index in [0.29, 0.717) is 10.7 Å². The number of nitrogens with one attached hydrogen (secondary N) is 1. The van der Waals surface area contributed by atoms with Gasteiger partial charge in [-0.1, -0.05) is 11.6 Å². The van der Waals surface area contributed by atoms with Crippen molar-refractivity contribution in [2.24, 2.45) is 0 Å². The number of rotatable bonds is 5. The highest BCUT2D eigenvalue weighted by Crippen LogP contribution is 2.27. The lowest BCUT2D eigenvalue weighted by atomic mass is 10.2. The van der Waals surface area contributed by atoms with Crippen LogP contribution in [0.3, 0.4) is 0 Å². The monoisotopic (exact) mass is 436 g/mol. The first kappa shape index (κ1) is 17.0. The summed E-state index contributed by atoms with van der Waals surface area (Å²) in [6.45, 7) is 0.0743. The largest absolute Gasteiger partial charge is 0.466 e. The number of carbonyl (C=O) groups is 2. The SMILES string of the molecule is COC(=O)C1=C(Nc2cc(Cl)ccc2I)C(=O)N(CCO)C1. The highest BCUT2D eigenvalue weighted by Gasteiger charge is 2.34. The van der Waals surface area contributed by atoms with Gasteiger partial charge in [0.15, 0.2) is 0 Å². The molecular formula is C14H14ClIN2O4. The first-order chi connectivity index (χ1) is 10.5. The molecule has 0 fully saturated rings. The van der Waals surface area contributed by atoms with Crippen LogP contribution in [-0.4, -0.2) is 48.7 Å². The van der Waals surface area contributed by atoms with Crippen LogP contribution in [-0.2, 0) is 14.3 Å². The number of carbonyl (C=O) groups excluding carboxylic acids is 2. The molecule has 1 aromatic carbocycles. The molecule has 118 valence electrons. The van der Waals surface area contributed by atoms with E-state index in [-0.39, 0.29) is 36.9 Å². The number of nitrogens with zero attached hydrogens (tertiary/aromatic N) is 1. The molecule has 0 bridgehead atoms. The number of aliphatic hydroxyl groups excluding tert-OH is 1.